The van der Waals surface area contributed by atoms with Crippen molar-refractivity contribution in [2.75, 3.05) is 17.7 Å². The van der Waals surface area contributed by atoms with Crippen LogP contribution in [0, 0.1) is 5.92 Å². The minimum absolute atomic E-state index is 0.299. The van der Waals surface area contributed by atoms with Crippen LogP contribution in [0.25, 0.3) is 5.95 Å². The maximum atomic E-state index is 4.40. The molecule has 0 amide bonds. The van der Waals surface area contributed by atoms with Crippen LogP contribution in [0.5, 0.6) is 0 Å². The zero-order chi connectivity index (χ0) is 14.5. The molecule has 0 saturated carbocycles. The number of aromatic nitrogens is 5. The highest BCUT2D eigenvalue weighted by Crippen LogP contribution is 2.12. The van der Waals surface area contributed by atoms with Crippen molar-refractivity contribution in [2.45, 2.75) is 33.2 Å². The van der Waals surface area contributed by atoms with E-state index in [9.17, 15) is 0 Å². The maximum absolute atomic E-state index is 4.40. The molecule has 7 heteroatoms. The van der Waals surface area contributed by atoms with Crippen LogP contribution in [0.1, 0.15) is 27.2 Å². The van der Waals surface area contributed by atoms with Crippen molar-refractivity contribution in [2.24, 2.45) is 5.92 Å². The van der Waals surface area contributed by atoms with E-state index in [1.54, 1.807) is 24.1 Å². The second kappa shape index (κ2) is 6.31. The van der Waals surface area contributed by atoms with Crippen LogP contribution in [0.3, 0.4) is 0 Å². The Kier molecular flexibility index (Phi) is 4.49. The van der Waals surface area contributed by atoms with Gasteiger partial charge in [-0.25, -0.2) is 4.68 Å². The van der Waals surface area contributed by atoms with Crippen molar-refractivity contribution < 1.29 is 0 Å². The molecule has 0 aliphatic heterocycles. The molecule has 2 rings (SSSR count). The SMILES string of the molecule is CNc1nc(NC(C)CC(C)C)nc(-n2cccn2)n1. The molecule has 0 spiro atoms. The standard InChI is InChI=1S/C13H21N7/c1-9(2)8-10(3)16-12-17-11(14-4)18-13(19-12)20-7-5-6-15-20/h5-7,9-10H,8H2,1-4H3,(H2,14,16,17,18,19). The zero-order valence-electron chi connectivity index (χ0n) is 12.3. The Bertz CT molecular complexity index is 536. The molecule has 2 aromatic heterocycles. The third-order valence-electron chi connectivity index (χ3n) is 2.76. The molecule has 2 aromatic rings. The monoisotopic (exact) mass is 275 g/mol. The van der Waals surface area contributed by atoms with E-state index in [0.717, 1.165) is 6.42 Å². The van der Waals surface area contributed by atoms with Gasteiger partial charge in [0.05, 0.1) is 0 Å². The molecular formula is C13H21N7. The van der Waals surface area contributed by atoms with Gasteiger partial charge in [-0.3, -0.25) is 0 Å². The Morgan fingerprint density at radius 3 is 2.50 bits per heavy atom. The van der Waals surface area contributed by atoms with Crippen molar-refractivity contribution in [1.29, 1.82) is 0 Å². The molecule has 0 aliphatic rings. The average Bonchev–Trinajstić information content (AvgIpc) is 2.91. The Balaban J connectivity index is 2.22. The normalized spacial score (nSPS) is 12.4. The van der Waals surface area contributed by atoms with Crippen molar-refractivity contribution >= 4 is 11.9 Å². The third kappa shape index (κ3) is 3.66. The van der Waals surface area contributed by atoms with Gasteiger partial charge in [0.1, 0.15) is 0 Å². The summed E-state index contributed by atoms with van der Waals surface area (Å²) in [5, 5.41) is 10.4. The Hall–Kier alpha value is -2.18. The molecule has 0 saturated heterocycles. The Morgan fingerprint density at radius 1 is 1.15 bits per heavy atom. The fourth-order valence-electron chi connectivity index (χ4n) is 2.02. The number of anilines is 2. The van der Waals surface area contributed by atoms with Gasteiger partial charge >= 0.3 is 0 Å². The van der Waals surface area contributed by atoms with E-state index in [0.29, 0.717) is 29.8 Å². The van der Waals surface area contributed by atoms with Gasteiger partial charge in [-0.2, -0.15) is 20.1 Å². The number of hydrogen-bond acceptors (Lipinski definition) is 6. The molecular weight excluding hydrogens is 254 g/mol. The van der Waals surface area contributed by atoms with Gasteiger partial charge in [0.15, 0.2) is 0 Å². The van der Waals surface area contributed by atoms with Gasteiger partial charge < -0.3 is 10.6 Å². The van der Waals surface area contributed by atoms with Gasteiger partial charge in [-0.15, -0.1) is 0 Å². The molecule has 108 valence electrons. The smallest absolute Gasteiger partial charge is 0.257 e. The number of nitrogens with zero attached hydrogens (tertiary/aromatic N) is 5. The Labute approximate surface area is 118 Å². The summed E-state index contributed by atoms with van der Waals surface area (Å²) in [4.78, 5) is 13.0. The summed E-state index contributed by atoms with van der Waals surface area (Å²) >= 11 is 0. The summed E-state index contributed by atoms with van der Waals surface area (Å²) in [7, 11) is 1.78. The first-order chi connectivity index (χ1) is 9.58. The summed E-state index contributed by atoms with van der Waals surface area (Å²) in [6.45, 7) is 6.51. The summed E-state index contributed by atoms with van der Waals surface area (Å²) in [5.41, 5.74) is 0. The van der Waals surface area contributed by atoms with E-state index >= 15 is 0 Å². The zero-order valence-corrected chi connectivity index (χ0v) is 12.3. The van der Waals surface area contributed by atoms with E-state index in [1.165, 1.54) is 0 Å². The molecule has 0 radical (unpaired) electrons. The molecule has 0 bridgehead atoms. The molecule has 1 atom stereocenters. The second-order valence-electron chi connectivity index (χ2n) is 5.16. The molecule has 1 unspecified atom stereocenters. The fraction of sp³-hybridized carbons (Fsp3) is 0.538. The van der Waals surface area contributed by atoms with Crippen molar-refractivity contribution in [3.63, 3.8) is 0 Å². The van der Waals surface area contributed by atoms with Crippen molar-refractivity contribution in [3.05, 3.63) is 18.5 Å². The van der Waals surface area contributed by atoms with Crippen LogP contribution >= 0.6 is 0 Å². The molecule has 2 heterocycles. The van der Waals surface area contributed by atoms with E-state index < -0.39 is 0 Å². The van der Waals surface area contributed by atoms with Gasteiger partial charge in [-0.05, 0) is 25.3 Å². The predicted molar refractivity (Wildman–Crippen MR) is 79.0 cm³/mol. The van der Waals surface area contributed by atoms with Gasteiger partial charge in [0, 0.05) is 25.5 Å². The van der Waals surface area contributed by atoms with E-state index in [2.05, 4.69) is 51.5 Å². The van der Waals surface area contributed by atoms with Crippen LogP contribution in [0.4, 0.5) is 11.9 Å². The summed E-state index contributed by atoms with van der Waals surface area (Å²) in [6, 6.07) is 2.13. The first kappa shape index (κ1) is 14.2. The number of hydrogen-bond donors (Lipinski definition) is 2. The van der Waals surface area contributed by atoms with Crippen molar-refractivity contribution in [1.82, 2.24) is 24.7 Å². The third-order valence-corrected chi connectivity index (χ3v) is 2.76. The van der Waals surface area contributed by atoms with Crippen LogP contribution in [0.15, 0.2) is 18.5 Å². The predicted octanol–water partition coefficient (Wildman–Crippen LogP) is 1.95. The Morgan fingerprint density at radius 2 is 1.90 bits per heavy atom. The lowest BCUT2D eigenvalue weighted by atomic mass is 10.1. The highest BCUT2D eigenvalue weighted by Gasteiger charge is 2.11. The summed E-state index contributed by atoms with van der Waals surface area (Å²) in [5.74, 6) is 2.19. The second-order valence-corrected chi connectivity index (χ2v) is 5.16. The lowest BCUT2D eigenvalue weighted by Gasteiger charge is -2.16. The molecule has 20 heavy (non-hydrogen) atoms. The van der Waals surface area contributed by atoms with Crippen LogP contribution in [-0.2, 0) is 0 Å². The summed E-state index contributed by atoms with van der Waals surface area (Å²) < 4.78 is 1.61. The largest absolute Gasteiger partial charge is 0.357 e. The first-order valence-corrected chi connectivity index (χ1v) is 6.79. The fourth-order valence-corrected chi connectivity index (χ4v) is 2.02. The molecule has 0 aromatic carbocycles. The van der Waals surface area contributed by atoms with Crippen LogP contribution in [-0.4, -0.2) is 37.8 Å². The minimum Gasteiger partial charge on any atom is -0.357 e. The van der Waals surface area contributed by atoms with Crippen LogP contribution < -0.4 is 10.6 Å². The maximum Gasteiger partial charge on any atom is 0.257 e. The van der Waals surface area contributed by atoms with Gasteiger partial charge in [0.2, 0.25) is 11.9 Å². The molecule has 0 aliphatic carbocycles. The quantitative estimate of drug-likeness (QED) is 0.838. The minimum atomic E-state index is 0.299. The van der Waals surface area contributed by atoms with E-state index in [-0.39, 0.29) is 0 Å². The molecule has 2 N–H and O–H groups in total. The highest BCUT2D eigenvalue weighted by molar-refractivity contribution is 5.37. The average molecular weight is 275 g/mol. The van der Waals surface area contributed by atoms with Gasteiger partial charge in [-0.1, -0.05) is 13.8 Å². The summed E-state index contributed by atoms with van der Waals surface area (Å²) in [6.07, 6.45) is 4.55. The topological polar surface area (TPSA) is 80.5 Å². The van der Waals surface area contributed by atoms with E-state index in [4.69, 9.17) is 0 Å². The highest BCUT2D eigenvalue weighted by atomic mass is 15.4. The lowest BCUT2D eigenvalue weighted by molar-refractivity contribution is 0.537. The molecule has 7 nitrogen and oxygen atoms in total. The lowest BCUT2D eigenvalue weighted by Crippen LogP contribution is -2.20. The number of nitrogens with one attached hydrogen (secondary N) is 2. The van der Waals surface area contributed by atoms with Gasteiger partial charge in [0.25, 0.3) is 5.95 Å². The van der Waals surface area contributed by atoms with Crippen LogP contribution in [0.2, 0.25) is 0 Å². The first-order valence-electron chi connectivity index (χ1n) is 6.79. The van der Waals surface area contributed by atoms with E-state index in [1.807, 2.05) is 6.07 Å². The molecule has 0 fully saturated rings. The van der Waals surface area contributed by atoms with Crippen molar-refractivity contribution in [3.8, 4) is 5.95 Å². The number of rotatable bonds is 6.